The van der Waals surface area contributed by atoms with E-state index in [9.17, 15) is 4.79 Å². The number of carbonyl (C=O) groups excluding carboxylic acids is 1. The summed E-state index contributed by atoms with van der Waals surface area (Å²) < 4.78 is 1.92. The molecule has 0 bridgehead atoms. The van der Waals surface area contributed by atoms with Gasteiger partial charge in [0, 0.05) is 11.0 Å². The van der Waals surface area contributed by atoms with Crippen LogP contribution in [-0.4, -0.2) is 12.5 Å². The maximum absolute atomic E-state index is 12.0. The van der Waals surface area contributed by atoms with Gasteiger partial charge in [0.15, 0.2) is 0 Å². The molecule has 100 valence electrons. The number of hydrogen-bond donors (Lipinski definition) is 1. The van der Waals surface area contributed by atoms with Gasteiger partial charge >= 0.3 is 0 Å². The fourth-order valence-corrected chi connectivity index (χ4v) is 4.48. The average Bonchev–Trinajstić information content (AvgIpc) is 2.67. The van der Waals surface area contributed by atoms with Gasteiger partial charge in [0.1, 0.15) is 0 Å². The van der Waals surface area contributed by atoms with Gasteiger partial charge in [-0.1, -0.05) is 19.8 Å². The zero-order valence-electron chi connectivity index (χ0n) is 10.3. The van der Waals surface area contributed by atoms with Crippen molar-refractivity contribution < 1.29 is 4.79 Å². The molecule has 1 aliphatic rings. The maximum atomic E-state index is 12.0. The molecule has 2 unspecified atom stereocenters. The minimum Gasteiger partial charge on any atom is -0.351 e. The van der Waals surface area contributed by atoms with E-state index in [1.807, 2.05) is 6.07 Å². The molecular weight excluding hydrogens is 378 g/mol. The highest BCUT2D eigenvalue weighted by atomic mass is 79.9. The van der Waals surface area contributed by atoms with Crippen LogP contribution in [0.4, 0.5) is 0 Å². The van der Waals surface area contributed by atoms with Crippen LogP contribution in [0.25, 0.3) is 0 Å². The Kier molecular flexibility index (Phi) is 5.27. The number of nitrogens with one attached hydrogen (secondary N) is 1. The lowest BCUT2D eigenvalue weighted by molar-refractivity contribution is 0.0944. The standard InChI is InChI=1S/C13H17Br2NOS/c1-8-3-2-4-9(5-8)7-16-13(17)11-6-10(14)12(15)18-11/h6,8-9H,2-5,7H2,1H3,(H,16,17). The number of rotatable bonds is 3. The third kappa shape index (κ3) is 3.81. The van der Waals surface area contributed by atoms with Crippen molar-refractivity contribution in [2.24, 2.45) is 11.8 Å². The summed E-state index contributed by atoms with van der Waals surface area (Å²) in [6.45, 7) is 3.12. The van der Waals surface area contributed by atoms with Gasteiger partial charge in [-0.2, -0.15) is 0 Å². The first-order valence-electron chi connectivity index (χ1n) is 6.29. The summed E-state index contributed by atoms with van der Waals surface area (Å²) in [5, 5.41) is 3.06. The highest BCUT2D eigenvalue weighted by Crippen LogP contribution is 2.32. The highest BCUT2D eigenvalue weighted by molar-refractivity contribution is 9.13. The Morgan fingerprint density at radius 2 is 2.28 bits per heavy atom. The van der Waals surface area contributed by atoms with Gasteiger partial charge < -0.3 is 5.32 Å². The van der Waals surface area contributed by atoms with E-state index in [-0.39, 0.29) is 5.91 Å². The first-order valence-corrected chi connectivity index (χ1v) is 8.69. The molecule has 2 nitrogen and oxygen atoms in total. The average molecular weight is 395 g/mol. The van der Waals surface area contributed by atoms with E-state index < -0.39 is 0 Å². The summed E-state index contributed by atoms with van der Waals surface area (Å²) in [6, 6.07) is 1.87. The molecule has 5 heteroatoms. The van der Waals surface area contributed by atoms with Crippen molar-refractivity contribution in [1.82, 2.24) is 5.32 Å². The largest absolute Gasteiger partial charge is 0.351 e. The molecule has 0 saturated heterocycles. The molecule has 1 aromatic rings. The van der Waals surface area contributed by atoms with E-state index in [4.69, 9.17) is 0 Å². The molecule has 2 atom stereocenters. The molecule has 1 fully saturated rings. The molecule has 1 N–H and O–H groups in total. The van der Waals surface area contributed by atoms with Crippen molar-refractivity contribution in [3.8, 4) is 0 Å². The van der Waals surface area contributed by atoms with Gasteiger partial charge in [-0.05, 0) is 62.6 Å². The van der Waals surface area contributed by atoms with E-state index in [1.54, 1.807) is 0 Å². The number of hydrogen-bond acceptors (Lipinski definition) is 2. The number of halogens is 2. The predicted octanol–water partition coefficient (Wildman–Crippen LogP) is 4.83. The molecule has 0 spiro atoms. The molecule has 1 amide bonds. The third-order valence-corrected chi connectivity index (χ3v) is 6.72. The molecule has 0 aromatic carbocycles. The third-order valence-electron chi connectivity index (χ3n) is 3.47. The van der Waals surface area contributed by atoms with Crippen LogP contribution in [0.1, 0.15) is 42.3 Å². The summed E-state index contributed by atoms with van der Waals surface area (Å²) in [6.07, 6.45) is 5.15. The van der Waals surface area contributed by atoms with E-state index >= 15 is 0 Å². The summed E-state index contributed by atoms with van der Waals surface area (Å²) in [4.78, 5) is 12.8. The minimum atomic E-state index is 0.0460. The summed E-state index contributed by atoms with van der Waals surface area (Å²) in [5.41, 5.74) is 0. The molecule has 2 rings (SSSR count). The number of thiophene rings is 1. The molecule has 1 heterocycles. The first kappa shape index (κ1) is 14.5. The van der Waals surface area contributed by atoms with E-state index in [0.29, 0.717) is 5.92 Å². The smallest absolute Gasteiger partial charge is 0.261 e. The van der Waals surface area contributed by atoms with E-state index in [1.165, 1.54) is 37.0 Å². The summed E-state index contributed by atoms with van der Waals surface area (Å²) in [7, 11) is 0. The quantitative estimate of drug-likeness (QED) is 0.781. The van der Waals surface area contributed by atoms with Crippen LogP contribution < -0.4 is 5.32 Å². The SMILES string of the molecule is CC1CCCC(CNC(=O)c2cc(Br)c(Br)s2)C1. The van der Waals surface area contributed by atoms with Crippen LogP contribution in [0.15, 0.2) is 14.3 Å². The van der Waals surface area contributed by atoms with Crippen LogP contribution in [0.5, 0.6) is 0 Å². The van der Waals surface area contributed by atoms with Crippen molar-refractivity contribution in [1.29, 1.82) is 0 Å². The van der Waals surface area contributed by atoms with Crippen LogP contribution in [0.3, 0.4) is 0 Å². The number of carbonyl (C=O) groups is 1. The molecule has 18 heavy (non-hydrogen) atoms. The van der Waals surface area contributed by atoms with Crippen molar-refractivity contribution in [2.45, 2.75) is 32.6 Å². The van der Waals surface area contributed by atoms with Crippen molar-refractivity contribution in [3.63, 3.8) is 0 Å². The Labute approximate surface area is 129 Å². The fourth-order valence-electron chi connectivity index (χ4n) is 2.53. The zero-order valence-corrected chi connectivity index (χ0v) is 14.3. The zero-order chi connectivity index (χ0) is 13.1. The Morgan fingerprint density at radius 3 is 2.89 bits per heavy atom. The molecule has 1 saturated carbocycles. The lowest BCUT2D eigenvalue weighted by Crippen LogP contribution is -2.31. The topological polar surface area (TPSA) is 29.1 Å². The first-order chi connectivity index (χ1) is 8.56. The Hall–Kier alpha value is 0.130. The molecule has 1 aromatic heterocycles. The molecule has 1 aliphatic carbocycles. The summed E-state index contributed by atoms with van der Waals surface area (Å²) in [5.74, 6) is 1.51. The lowest BCUT2D eigenvalue weighted by Gasteiger charge is -2.26. The highest BCUT2D eigenvalue weighted by Gasteiger charge is 2.20. The van der Waals surface area contributed by atoms with Gasteiger partial charge in [-0.15, -0.1) is 11.3 Å². The van der Waals surface area contributed by atoms with E-state index in [0.717, 1.165) is 25.6 Å². The van der Waals surface area contributed by atoms with Crippen LogP contribution in [0.2, 0.25) is 0 Å². The lowest BCUT2D eigenvalue weighted by atomic mass is 9.82. The molecule has 0 radical (unpaired) electrons. The fraction of sp³-hybridized carbons (Fsp3) is 0.615. The molecule has 0 aliphatic heterocycles. The normalized spacial score (nSPS) is 23.9. The van der Waals surface area contributed by atoms with Crippen LogP contribution >= 0.6 is 43.2 Å². The summed E-state index contributed by atoms with van der Waals surface area (Å²) >= 11 is 8.28. The maximum Gasteiger partial charge on any atom is 0.261 e. The van der Waals surface area contributed by atoms with Crippen molar-refractivity contribution >= 4 is 49.1 Å². The Balaban J connectivity index is 1.84. The predicted molar refractivity (Wildman–Crippen MR) is 83.2 cm³/mol. The van der Waals surface area contributed by atoms with Gasteiger partial charge in [-0.25, -0.2) is 0 Å². The van der Waals surface area contributed by atoms with Gasteiger partial charge in [0.2, 0.25) is 0 Å². The van der Waals surface area contributed by atoms with Crippen molar-refractivity contribution in [2.75, 3.05) is 6.54 Å². The second-order valence-corrected chi connectivity index (χ2v) is 8.30. The Morgan fingerprint density at radius 1 is 1.50 bits per heavy atom. The monoisotopic (exact) mass is 393 g/mol. The van der Waals surface area contributed by atoms with E-state index in [2.05, 4.69) is 44.1 Å². The van der Waals surface area contributed by atoms with Gasteiger partial charge in [0.25, 0.3) is 5.91 Å². The second-order valence-electron chi connectivity index (χ2n) is 5.08. The van der Waals surface area contributed by atoms with Crippen molar-refractivity contribution in [3.05, 3.63) is 19.2 Å². The van der Waals surface area contributed by atoms with Crippen LogP contribution in [-0.2, 0) is 0 Å². The number of amides is 1. The Bertz CT molecular complexity index is 413. The molecular formula is C13H17Br2NOS. The van der Waals surface area contributed by atoms with Gasteiger partial charge in [0.05, 0.1) is 8.66 Å². The van der Waals surface area contributed by atoms with Crippen LogP contribution in [0, 0.1) is 11.8 Å². The second kappa shape index (κ2) is 6.53. The van der Waals surface area contributed by atoms with Gasteiger partial charge in [-0.3, -0.25) is 4.79 Å². The minimum absolute atomic E-state index is 0.0460.